The first-order valence-electron chi connectivity index (χ1n) is 9.07. The van der Waals surface area contributed by atoms with Crippen LogP contribution in [0, 0.1) is 11.3 Å². The third-order valence-corrected chi connectivity index (χ3v) is 6.82. The van der Waals surface area contributed by atoms with Gasteiger partial charge in [0, 0.05) is 31.2 Å². The first-order valence-corrected chi connectivity index (χ1v) is 10.9. The van der Waals surface area contributed by atoms with E-state index in [0.29, 0.717) is 23.9 Å². The molecule has 0 bridgehead atoms. The van der Waals surface area contributed by atoms with Gasteiger partial charge in [0.1, 0.15) is 11.8 Å². The normalized spacial score (nSPS) is 15.0. The number of nitriles is 1. The van der Waals surface area contributed by atoms with Gasteiger partial charge in [-0.3, -0.25) is 4.79 Å². The molecule has 152 valence electrons. The van der Waals surface area contributed by atoms with E-state index in [1.165, 1.54) is 16.4 Å². The number of amides is 1. The molecule has 0 aliphatic carbocycles. The molecule has 1 aliphatic rings. The number of halogens is 1. The fourth-order valence-corrected chi connectivity index (χ4v) is 4.74. The summed E-state index contributed by atoms with van der Waals surface area (Å²) in [5.74, 6) is 0.544. The average Bonchev–Trinajstić information content (AvgIpc) is 2.75. The molecule has 1 heterocycles. The number of carbonyl (C=O) groups excluding carboxylic acids is 1. The second-order valence-electron chi connectivity index (χ2n) is 6.45. The summed E-state index contributed by atoms with van der Waals surface area (Å²) in [6.45, 7) is 1.20. The average molecular weight is 434 g/mol. The Labute approximate surface area is 175 Å². The second-order valence-corrected chi connectivity index (χ2v) is 8.79. The summed E-state index contributed by atoms with van der Waals surface area (Å²) in [6, 6.07) is 14.9. The predicted octanol–water partition coefficient (Wildman–Crippen LogP) is 2.51. The molecule has 0 atom stereocenters. The van der Waals surface area contributed by atoms with Crippen LogP contribution in [0.4, 0.5) is 0 Å². The second kappa shape index (κ2) is 9.27. The van der Waals surface area contributed by atoms with Crippen LogP contribution in [0.2, 0.25) is 5.02 Å². The molecule has 1 amide bonds. The lowest BCUT2D eigenvalue weighted by molar-refractivity contribution is -0.132. The van der Waals surface area contributed by atoms with Gasteiger partial charge < -0.3 is 9.64 Å². The standard InChI is InChI=1S/C20H20ClN3O4S/c21-17-5-7-18(8-6-17)28-14-9-20(25)23-10-12-24(13-11-23)29(26,27)19-4-2-1-3-16(19)15-22/h1-8H,9-14H2. The van der Waals surface area contributed by atoms with Crippen molar-refractivity contribution >= 4 is 27.5 Å². The Balaban J connectivity index is 1.52. The van der Waals surface area contributed by atoms with Crippen molar-refractivity contribution in [1.82, 2.24) is 9.21 Å². The van der Waals surface area contributed by atoms with E-state index in [1.807, 2.05) is 6.07 Å². The number of carbonyl (C=O) groups is 1. The van der Waals surface area contributed by atoms with Gasteiger partial charge in [-0.15, -0.1) is 0 Å². The Bertz CT molecular complexity index is 1010. The van der Waals surface area contributed by atoms with Crippen molar-refractivity contribution in [3.05, 3.63) is 59.1 Å². The van der Waals surface area contributed by atoms with E-state index in [0.717, 1.165) is 0 Å². The topological polar surface area (TPSA) is 90.7 Å². The maximum Gasteiger partial charge on any atom is 0.244 e. The molecule has 2 aromatic carbocycles. The molecule has 0 N–H and O–H groups in total. The molecule has 1 fully saturated rings. The highest BCUT2D eigenvalue weighted by Crippen LogP contribution is 2.21. The quantitative estimate of drug-likeness (QED) is 0.698. The molecule has 29 heavy (non-hydrogen) atoms. The van der Waals surface area contributed by atoms with Crippen LogP contribution in [0.15, 0.2) is 53.4 Å². The fourth-order valence-electron chi connectivity index (χ4n) is 3.05. The van der Waals surface area contributed by atoms with Gasteiger partial charge in [0.25, 0.3) is 0 Å². The number of ether oxygens (including phenoxy) is 1. The zero-order chi connectivity index (χ0) is 20.9. The third-order valence-electron chi connectivity index (χ3n) is 4.61. The monoisotopic (exact) mass is 433 g/mol. The van der Waals surface area contributed by atoms with Crippen LogP contribution < -0.4 is 4.74 Å². The SMILES string of the molecule is N#Cc1ccccc1S(=O)(=O)N1CCN(C(=O)CCOc2ccc(Cl)cc2)CC1. The molecular formula is C20H20ClN3O4S. The molecule has 9 heteroatoms. The van der Waals surface area contributed by atoms with Gasteiger partial charge in [0.05, 0.1) is 23.5 Å². The summed E-state index contributed by atoms with van der Waals surface area (Å²) in [7, 11) is -3.77. The van der Waals surface area contributed by atoms with Crippen molar-refractivity contribution in [2.45, 2.75) is 11.3 Å². The molecule has 0 radical (unpaired) electrons. The number of rotatable bonds is 6. The molecule has 0 unspecified atom stereocenters. The van der Waals surface area contributed by atoms with Crippen molar-refractivity contribution in [1.29, 1.82) is 5.26 Å². The Hall–Kier alpha value is -2.60. The van der Waals surface area contributed by atoms with Gasteiger partial charge in [-0.05, 0) is 36.4 Å². The van der Waals surface area contributed by atoms with Crippen LogP contribution >= 0.6 is 11.6 Å². The lowest BCUT2D eigenvalue weighted by atomic mass is 10.2. The molecule has 1 aliphatic heterocycles. The minimum absolute atomic E-state index is 0.00126. The largest absolute Gasteiger partial charge is 0.493 e. The van der Waals surface area contributed by atoms with Crippen LogP contribution in [0.1, 0.15) is 12.0 Å². The summed E-state index contributed by atoms with van der Waals surface area (Å²) in [4.78, 5) is 14.0. The van der Waals surface area contributed by atoms with E-state index in [2.05, 4.69) is 0 Å². The van der Waals surface area contributed by atoms with Crippen molar-refractivity contribution in [3.8, 4) is 11.8 Å². The lowest BCUT2D eigenvalue weighted by Crippen LogP contribution is -2.50. The van der Waals surface area contributed by atoms with Crippen LogP contribution in [0.5, 0.6) is 5.75 Å². The summed E-state index contributed by atoms with van der Waals surface area (Å²) in [5, 5.41) is 9.78. The highest BCUT2D eigenvalue weighted by atomic mass is 35.5. The fraction of sp³-hybridized carbons (Fsp3) is 0.300. The number of benzene rings is 2. The first kappa shape index (κ1) is 21.1. The summed E-state index contributed by atoms with van der Waals surface area (Å²) >= 11 is 5.82. The number of hydrogen-bond acceptors (Lipinski definition) is 5. The van der Waals surface area contributed by atoms with Crippen molar-refractivity contribution in [2.24, 2.45) is 0 Å². The summed E-state index contributed by atoms with van der Waals surface area (Å²) < 4.78 is 32.5. The molecule has 7 nitrogen and oxygen atoms in total. The van der Waals surface area contributed by atoms with E-state index < -0.39 is 10.0 Å². The zero-order valence-corrected chi connectivity index (χ0v) is 17.2. The Morgan fingerprint density at radius 2 is 1.72 bits per heavy atom. The highest BCUT2D eigenvalue weighted by molar-refractivity contribution is 7.89. The van der Waals surface area contributed by atoms with E-state index >= 15 is 0 Å². The van der Waals surface area contributed by atoms with Crippen LogP contribution in [-0.4, -0.2) is 56.3 Å². The van der Waals surface area contributed by atoms with Crippen molar-refractivity contribution in [2.75, 3.05) is 32.8 Å². The first-order chi connectivity index (χ1) is 13.9. The number of nitrogens with zero attached hydrogens (tertiary/aromatic N) is 3. The van der Waals surface area contributed by atoms with Crippen LogP contribution in [0.25, 0.3) is 0 Å². The molecule has 1 saturated heterocycles. The van der Waals surface area contributed by atoms with Gasteiger partial charge in [-0.2, -0.15) is 9.57 Å². The van der Waals surface area contributed by atoms with E-state index in [-0.39, 0.29) is 42.5 Å². The van der Waals surface area contributed by atoms with E-state index in [1.54, 1.807) is 41.3 Å². The Morgan fingerprint density at radius 3 is 2.38 bits per heavy atom. The zero-order valence-electron chi connectivity index (χ0n) is 15.6. The Morgan fingerprint density at radius 1 is 1.07 bits per heavy atom. The van der Waals surface area contributed by atoms with Gasteiger partial charge in [0.15, 0.2) is 0 Å². The molecular weight excluding hydrogens is 414 g/mol. The molecule has 0 aromatic heterocycles. The van der Waals surface area contributed by atoms with Gasteiger partial charge in [-0.25, -0.2) is 8.42 Å². The highest BCUT2D eigenvalue weighted by Gasteiger charge is 2.31. The maximum atomic E-state index is 12.8. The predicted molar refractivity (Wildman–Crippen MR) is 108 cm³/mol. The molecule has 2 aromatic rings. The molecule has 0 saturated carbocycles. The number of sulfonamides is 1. The van der Waals surface area contributed by atoms with Gasteiger partial charge in [-0.1, -0.05) is 23.7 Å². The van der Waals surface area contributed by atoms with E-state index in [4.69, 9.17) is 21.6 Å². The van der Waals surface area contributed by atoms with Crippen LogP contribution in [-0.2, 0) is 14.8 Å². The minimum Gasteiger partial charge on any atom is -0.493 e. The Kier molecular flexibility index (Phi) is 6.75. The lowest BCUT2D eigenvalue weighted by Gasteiger charge is -2.34. The molecule has 3 rings (SSSR count). The molecule has 0 spiro atoms. The van der Waals surface area contributed by atoms with Crippen LogP contribution in [0.3, 0.4) is 0 Å². The van der Waals surface area contributed by atoms with Gasteiger partial charge in [0.2, 0.25) is 15.9 Å². The minimum atomic E-state index is -3.77. The van der Waals surface area contributed by atoms with Crippen molar-refractivity contribution < 1.29 is 17.9 Å². The van der Waals surface area contributed by atoms with E-state index in [9.17, 15) is 13.2 Å². The number of hydrogen-bond donors (Lipinski definition) is 0. The number of piperazine rings is 1. The third kappa shape index (κ3) is 5.07. The smallest absolute Gasteiger partial charge is 0.244 e. The summed E-state index contributed by atoms with van der Waals surface area (Å²) in [6.07, 6.45) is 0.201. The summed E-state index contributed by atoms with van der Waals surface area (Å²) in [5.41, 5.74) is 0.116. The van der Waals surface area contributed by atoms with Gasteiger partial charge >= 0.3 is 0 Å². The van der Waals surface area contributed by atoms with Crippen molar-refractivity contribution in [3.63, 3.8) is 0 Å². The maximum absolute atomic E-state index is 12.8.